The second-order valence-electron chi connectivity index (χ2n) is 3.58. The first kappa shape index (κ1) is 12.6. The van der Waals surface area contributed by atoms with Gasteiger partial charge in [0.05, 0.1) is 10.5 Å². The molecule has 0 amide bonds. The fourth-order valence-electron chi connectivity index (χ4n) is 1.46. The van der Waals surface area contributed by atoms with Crippen molar-refractivity contribution in [1.29, 1.82) is 0 Å². The Hall–Kier alpha value is -0.810. The first-order valence-corrected chi connectivity index (χ1v) is 5.80. The number of aromatic nitrogens is 1. The number of rotatable bonds is 0. The van der Waals surface area contributed by atoms with Crippen molar-refractivity contribution in [1.82, 2.24) is 4.98 Å². The van der Waals surface area contributed by atoms with Gasteiger partial charge in [0.25, 0.3) is 0 Å². The molecule has 90 valence electrons. The van der Waals surface area contributed by atoms with Crippen LogP contribution in [-0.2, 0) is 6.18 Å². The van der Waals surface area contributed by atoms with Crippen LogP contribution in [-0.4, -0.2) is 4.98 Å². The van der Waals surface area contributed by atoms with Crippen molar-refractivity contribution in [2.45, 2.75) is 13.1 Å². The minimum Gasteiger partial charge on any atom is -0.242 e. The zero-order valence-electron chi connectivity index (χ0n) is 8.57. The highest BCUT2D eigenvalue weighted by atomic mass is 79.9. The van der Waals surface area contributed by atoms with Crippen molar-refractivity contribution >= 4 is 38.4 Å². The molecule has 0 N–H and O–H groups in total. The van der Waals surface area contributed by atoms with Gasteiger partial charge >= 0.3 is 6.18 Å². The number of nitrogens with zero attached hydrogens (tertiary/aromatic N) is 1. The Morgan fingerprint density at radius 2 is 1.94 bits per heavy atom. The third-order valence-corrected chi connectivity index (χ3v) is 3.67. The topological polar surface area (TPSA) is 12.9 Å². The van der Waals surface area contributed by atoms with Crippen molar-refractivity contribution in [3.8, 4) is 0 Å². The molecule has 0 unspecified atom stereocenters. The summed E-state index contributed by atoms with van der Waals surface area (Å²) in [4.78, 5) is 3.61. The maximum Gasteiger partial charge on any atom is 0.433 e. The van der Waals surface area contributed by atoms with Gasteiger partial charge in [-0.3, -0.25) is 0 Å². The van der Waals surface area contributed by atoms with Gasteiger partial charge in [0.2, 0.25) is 0 Å². The van der Waals surface area contributed by atoms with E-state index in [0.717, 1.165) is 11.6 Å². The minimum atomic E-state index is -4.50. The molecule has 0 spiro atoms. The zero-order valence-corrected chi connectivity index (χ0v) is 10.9. The fourth-order valence-corrected chi connectivity index (χ4v) is 2.15. The first-order valence-electron chi connectivity index (χ1n) is 4.63. The van der Waals surface area contributed by atoms with Crippen LogP contribution in [0.5, 0.6) is 0 Å². The highest BCUT2D eigenvalue weighted by molar-refractivity contribution is 9.10. The number of hydrogen-bond donors (Lipinski definition) is 0. The third kappa shape index (κ3) is 2.26. The Labute approximate surface area is 109 Å². The summed E-state index contributed by atoms with van der Waals surface area (Å²) in [5, 5.41) is 0.542. The molecule has 0 aliphatic heterocycles. The number of pyridine rings is 1. The lowest BCUT2D eigenvalue weighted by Gasteiger charge is -2.10. The van der Waals surface area contributed by atoms with Gasteiger partial charge in [0.15, 0.2) is 0 Å². The molecule has 0 fully saturated rings. The van der Waals surface area contributed by atoms with Gasteiger partial charge < -0.3 is 0 Å². The van der Waals surface area contributed by atoms with Crippen LogP contribution in [0.15, 0.2) is 22.7 Å². The lowest BCUT2D eigenvalue weighted by molar-refractivity contribution is -0.140. The number of benzene rings is 1. The predicted octanol–water partition coefficient (Wildman–Crippen LogP) is 4.98. The molecular weight excluding hydrogens is 318 g/mol. The number of hydrogen-bond acceptors (Lipinski definition) is 1. The van der Waals surface area contributed by atoms with Gasteiger partial charge in [0.1, 0.15) is 5.69 Å². The van der Waals surface area contributed by atoms with Crippen molar-refractivity contribution in [3.05, 3.63) is 39.0 Å². The van der Waals surface area contributed by atoms with E-state index in [-0.39, 0.29) is 10.5 Å². The number of aryl methyl sites for hydroxylation is 1. The lowest BCUT2D eigenvalue weighted by Crippen LogP contribution is -2.08. The Morgan fingerprint density at radius 3 is 2.53 bits per heavy atom. The molecule has 0 bridgehead atoms. The smallest absolute Gasteiger partial charge is 0.242 e. The van der Waals surface area contributed by atoms with E-state index in [2.05, 4.69) is 20.9 Å². The van der Waals surface area contributed by atoms with Crippen molar-refractivity contribution in [3.63, 3.8) is 0 Å². The maximum atomic E-state index is 12.6. The molecule has 0 aliphatic rings. The molecule has 17 heavy (non-hydrogen) atoms. The summed E-state index contributed by atoms with van der Waals surface area (Å²) < 4.78 is 38.3. The number of halogens is 5. The van der Waals surface area contributed by atoms with E-state index in [0.29, 0.717) is 9.86 Å². The summed E-state index contributed by atoms with van der Waals surface area (Å²) in [6.07, 6.45) is -4.50. The SMILES string of the molecule is Cc1ccc2c(Cl)cc(C(F)(F)F)nc2c1Br. The van der Waals surface area contributed by atoms with Crippen molar-refractivity contribution < 1.29 is 13.2 Å². The van der Waals surface area contributed by atoms with Crippen LogP contribution in [0.1, 0.15) is 11.3 Å². The van der Waals surface area contributed by atoms with Crippen LogP contribution in [0.3, 0.4) is 0 Å². The Balaban J connectivity index is 2.84. The standard InChI is InChI=1S/C11H6BrClF3N/c1-5-2-3-6-7(13)4-8(11(14,15)16)17-10(6)9(5)12/h2-4H,1H3. The van der Waals surface area contributed by atoms with Crippen LogP contribution in [0.4, 0.5) is 13.2 Å². The normalized spacial score (nSPS) is 12.1. The summed E-state index contributed by atoms with van der Waals surface area (Å²) in [5.41, 5.74) is 0.0477. The monoisotopic (exact) mass is 323 g/mol. The minimum absolute atomic E-state index is 0.0445. The second kappa shape index (κ2) is 4.14. The average molecular weight is 325 g/mol. The highest BCUT2D eigenvalue weighted by Crippen LogP contribution is 2.35. The maximum absolute atomic E-state index is 12.6. The molecule has 1 aromatic carbocycles. The quantitative estimate of drug-likeness (QED) is 0.666. The molecule has 0 aliphatic carbocycles. The van der Waals surface area contributed by atoms with E-state index in [1.807, 2.05) is 0 Å². The van der Waals surface area contributed by atoms with Crippen LogP contribution in [0.2, 0.25) is 5.02 Å². The molecule has 1 nitrogen and oxygen atoms in total. The molecule has 6 heteroatoms. The van der Waals surface area contributed by atoms with E-state index in [9.17, 15) is 13.2 Å². The zero-order chi connectivity index (χ0) is 12.8. The summed E-state index contributed by atoms with van der Waals surface area (Å²) in [6, 6.07) is 4.27. The molecule has 1 heterocycles. The van der Waals surface area contributed by atoms with Crippen molar-refractivity contribution in [2.75, 3.05) is 0 Å². The van der Waals surface area contributed by atoms with E-state index >= 15 is 0 Å². The van der Waals surface area contributed by atoms with Gasteiger partial charge in [-0.25, -0.2) is 4.98 Å². The molecule has 0 radical (unpaired) electrons. The Kier molecular flexibility index (Phi) is 3.08. The summed E-state index contributed by atoms with van der Waals surface area (Å²) >= 11 is 9.06. The van der Waals surface area contributed by atoms with Crippen LogP contribution in [0.25, 0.3) is 10.9 Å². The van der Waals surface area contributed by atoms with E-state index in [4.69, 9.17) is 11.6 Å². The molecule has 1 aromatic heterocycles. The second-order valence-corrected chi connectivity index (χ2v) is 4.78. The van der Waals surface area contributed by atoms with Crippen LogP contribution >= 0.6 is 27.5 Å². The van der Waals surface area contributed by atoms with Gasteiger partial charge in [-0.2, -0.15) is 13.2 Å². The van der Waals surface area contributed by atoms with Gasteiger partial charge in [-0.05, 0) is 34.5 Å². The average Bonchev–Trinajstić information content (AvgIpc) is 2.22. The van der Waals surface area contributed by atoms with Gasteiger partial charge in [-0.15, -0.1) is 0 Å². The molecule has 2 rings (SSSR count). The molecule has 2 aromatic rings. The molecule has 0 saturated carbocycles. The first-order chi connectivity index (χ1) is 7.80. The largest absolute Gasteiger partial charge is 0.433 e. The van der Waals surface area contributed by atoms with E-state index < -0.39 is 11.9 Å². The lowest BCUT2D eigenvalue weighted by atomic mass is 10.1. The van der Waals surface area contributed by atoms with E-state index in [1.165, 1.54) is 0 Å². The Morgan fingerprint density at radius 1 is 1.29 bits per heavy atom. The van der Waals surface area contributed by atoms with Gasteiger partial charge in [-0.1, -0.05) is 23.7 Å². The van der Waals surface area contributed by atoms with Crippen LogP contribution in [0, 0.1) is 6.92 Å². The molecule has 0 saturated heterocycles. The molecular formula is C11H6BrClF3N. The third-order valence-electron chi connectivity index (χ3n) is 2.35. The Bertz CT molecular complexity index is 595. The molecule has 0 atom stereocenters. The van der Waals surface area contributed by atoms with Gasteiger partial charge in [0, 0.05) is 9.86 Å². The van der Waals surface area contributed by atoms with E-state index in [1.54, 1.807) is 19.1 Å². The summed E-state index contributed by atoms with van der Waals surface area (Å²) in [7, 11) is 0. The highest BCUT2D eigenvalue weighted by Gasteiger charge is 2.33. The summed E-state index contributed by atoms with van der Waals surface area (Å²) in [6.45, 7) is 1.78. The predicted molar refractivity (Wildman–Crippen MR) is 64.2 cm³/mol. The van der Waals surface area contributed by atoms with Crippen LogP contribution < -0.4 is 0 Å². The number of alkyl halides is 3. The summed E-state index contributed by atoms with van der Waals surface area (Å²) in [5.74, 6) is 0. The van der Waals surface area contributed by atoms with Crippen molar-refractivity contribution in [2.24, 2.45) is 0 Å². The fraction of sp³-hybridized carbons (Fsp3) is 0.182. The number of fused-ring (bicyclic) bond motifs is 1.